The van der Waals surface area contributed by atoms with E-state index >= 15 is 0 Å². The molecular weight excluding hydrogens is 1520 g/mol. The number of cyclic esters (lactones) is 1. The van der Waals surface area contributed by atoms with Crippen molar-refractivity contribution in [2.75, 3.05) is 136 Å². The van der Waals surface area contributed by atoms with Crippen LogP contribution in [0.1, 0.15) is 119 Å². The fourth-order valence-electron chi connectivity index (χ4n) is 13.6. The number of esters is 2. The molecule has 0 saturated carbocycles. The molecule has 0 spiro atoms. The molecule has 1 fully saturated rings. The molecule has 0 radical (unpaired) electrons. The third kappa shape index (κ3) is 25.1. The lowest BCUT2D eigenvalue weighted by Gasteiger charge is -2.38. The van der Waals surface area contributed by atoms with Crippen molar-refractivity contribution in [1.82, 2.24) is 40.7 Å². The fraction of sp³-hybridized carbons (Fsp3) is 0.561. The minimum absolute atomic E-state index is 0.00872. The van der Waals surface area contributed by atoms with E-state index in [0.717, 1.165) is 57.4 Å². The molecule has 3 aliphatic rings. The molecule has 5 amide bonds. The van der Waals surface area contributed by atoms with Crippen molar-refractivity contribution < 1.29 is 116 Å². The van der Waals surface area contributed by atoms with E-state index in [1.54, 1.807) is 31.4 Å². The van der Waals surface area contributed by atoms with Gasteiger partial charge < -0.3 is 124 Å². The van der Waals surface area contributed by atoms with Crippen molar-refractivity contribution in [2.45, 2.75) is 168 Å². The Morgan fingerprint density at radius 3 is 1.89 bits per heavy atom. The molecule has 8 atom stereocenters. The van der Waals surface area contributed by atoms with Crippen LogP contribution in [0.2, 0.25) is 0 Å². The summed E-state index contributed by atoms with van der Waals surface area (Å²) in [6, 6.07) is 18.4. The number of aliphatic carboxylic acids is 1. The second-order valence-corrected chi connectivity index (χ2v) is 29.0. The smallest absolute Gasteiger partial charge is 0.355 e. The highest BCUT2D eigenvalue weighted by Crippen LogP contribution is 2.44. The maximum absolute atomic E-state index is 14.9. The van der Waals surface area contributed by atoms with Crippen LogP contribution in [0.25, 0.3) is 33.2 Å². The lowest BCUT2D eigenvalue weighted by atomic mass is 9.85. The first-order valence-electron chi connectivity index (χ1n) is 39.8. The Morgan fingerprint density at radius 2 is 1.27 bits per heavy atom. The monoisotopic (exact) mass is 1640 g/mol. The molecule has 0 aliphatic carbocycles. The second-order valence-electron chi connectivity index (χ2n) is 29.0. The van der Waals surface area contributed by atoms with Gasteiger partial charge in [0.1, 0.15) is 48.3 Å². The zero-order valence-corrected chi connectivity index (χ0v) is 67.6. The highest BCUT2D eigenvalue weighted by Gasteiger charge is 2.52. The SMILES string of the molecule is CCCC(=O)Nc1ccc2c(c1)cc(CNC)n2CCC(=O)NCCOCCOCCOCCOCCOCCOCCOCCOCCC(=O)N[C@H](C(=O)N[C@@H](C)C(=O)Nc1ccc(C(=O)O[C@]2(CC)C(=O)OCc3c2cc2n(c3=O)Cc3c-2nc2ccccc2c3CCNC(C)C)c(O[C@@H]2O[C@H](C(=O)O)[C@@H](O)[C@H](O)[C@H]2O)c1)C(C)C. The number of carbonyl (C=O) groups is 8. The number of para-hydroxylation sites is 1. The van der Waals surface area contributed by atoms with Crippen LogP contribution in [0.3, 0.4) is 0 Å². The van der Waals surface area contributed by atoms with Gasteiger partial charge in [-0.1, -0.05) is 59.7 Å². The number of fused-ring (bicyclic) bond motifs is 6. The van der Waals surface area contributed by atoms with Gasteiger partial charge in [0.2, 0.25) is 41.4 Å². The number of ether oxygens (including phenoxy) is 12. The van der Waals surface area contributed by atoms with Gasteiger partial charge in [0.15, 0.2) is 6.10 Å². The number of anilines is 2. The van der Waals surface area contributed by atoms with E-state index in [2.05, 4.69) is 47.9 Å². The number of carboxylic acids is 1. The molecule has 6 heterocycles. The Morgan fingerprint density at radius 1 is 0.650 bits per heavy atom. The average Bonchev–Trinajstić information content (AvgIpc) is 1.63. The van der Waals surface area contributed by atoms with Gasteiger partial charge in [-0.2, -0.15) is 0 Å². The molecular formula is C82H112N10O25. The zero-order valence-electron chi connectivity index (χ0n) is 67.6. The Bertz CT molecular complexity index is 4420. The molecule has 640 valence electrons. The number of nitrogens with zero attached hydrogens (tertiary/aromatic N) is 3. The number of aliphatic hydroxyl groups is 3. The van der Waals surface area contributed by atoms with E-state index in [1.165, 1.54) is 13.0 Å². The van der Waals surface area contributed by atoms with Crippen LogP contribution in [0.5, 0.6) is 5.75 Å². The summed E-state index contributed by atoms with van der Waals surface area (Å²) in [4.78, 5) is 126. The molecule has 0 bridgehead atoms. The van der Waals surface area contributed by atoms with Crippen molar-refractivity contribution in [3.63, 3.8) is 0 Å². The maximum atomic E-state index is 14.9. The fourth-order valence-corrected chi connectivity index (χ4v) is 13.6. The minimum Gasteiger partial charge on any atom is -0.479 e. The van der Waals surface area contributed by atoms with Crippen LogP contribution in [0.4, 0.5) is 11.4 Å². The first-order valence-corrected chi connectivity index (χ1v) is 39.8. The van der Waals surface area contributed by atoms with Gasteiger partial charge >= 0.3 is 17.9 Å². The molecule has 0 unspecified atom stereocenters. The van der Waals surface area contributed by atoms with E-state index in [9.17, 15) is 63.6 Å². The number of aliphatic hydroxyl groups excluding tert-OH is 3. The standard InChI is InChI=1S/C82H112N10O25/c1-9-13-67(94)87-53-17-19-63-52(42-53)43-55(46-83-8)91(63)25-21-66(93)85-24-27-107-29-31-109-33-35-111-37-39-113-41-40-112-38-36-110-34-32-108-30-28-106-26-22-68(95)90-69(49(3)4)76(100)86-51(7)75(99)88-54-16-18-58(65(44-54)115-80-73(98)71(96)72(97)74(116-80)78(102)103)79(104)117-82(10-2)61-45-64-70-59(47-92(64)77(101)60(61)48-114-81(82)105)56(20-23-84-50(5)6)57-14-11-12-15-62(57)89-70/h11-12,14-19,42-45,49-51,69,71-74,80,83-84,96-98H,9-10,13,20-41,46-48H2,1-8H3,(H,85,93)(H,86,100)(H,87,94)(H,88,99)(H,90,95)(H,102,103)/t51-,69-,71-,72-,73+,74-,80+,82-/m0/s1. The van der Waals surface area contributed by atoms with E-state index in [1.807, 2.05) is 70.3 Å². The van der Waals surface area contributed by atoms with Gasteiger partial charge in [0.05, 0.1) is 135 Å². The predicted octanol–water partition coefficient (Wildman–Crippen LogP) is 3.48. The number of carbonyl (C=O) groups excluding carboxylic acids is 7. The van der Waals surface area contributed by atoms with Gasteiger partial charge in [-0.3, -0.25) is 28.8 Å². The molecule has 35 heteroatoms. The van der Waals surface area contributed by atoms with Crippen molar-refractivity contribution in [3.8, 4) is 17.1 Å². The first-order chi connectivity index (χ1) is 56.4. The Hall–Kier alpha value is -9.44. The van der Waals surface area contributed by atoms with Gasteiger partial charge in [-0.15, -0.1) is 0 Å². The van der Waals surface area contributed by atoms with E-state index < -0.39 is 113 Å². The number of pyridine rings is 2. The summed E-state index contributed by atoms with van der Waals surface area (Å²) in [6.45, 7) is 19.4. The predicted molar refractivity (Wildman–Crippen MR) is 426 cm³/mol. The number of nitrogens with one attached hydrogen (secondary N) is 7. The zero-order chi connectivity index (χ0) is 84.1. The van der Waals surface area contributed by atoms with Crippen LogP contribution in [0, 0.1) is 5.92 Å². The molecule has 35 nitrogen and oxygen atoms in total. The van der Waals surface area contributed by atoms with Crippen molar-refractivity contribution in [1.29, 1.82) is 0 Å². The number of rotatable bonds is 51. The number of amides is 5. The normalized spacial score (nSPS) is 18.1. The first kappa shape index (κ1) is 91.5. The lowest BCUT2D eigenvalue weighted by molar-refractivity contribution is -0.271. The van der Waals surface area contributed by atoms with Crippen LogP contribution < -0.4 is 47.5 Å². The molecule has 3 aliphatic heterocycles. The maximum Gasteiger partial charge on any atom is 0.355 e. The second kappa shape index (κ2) is 45.5. The summed E-state index contributed by atoms with van der Waals surface area (Å²) >= 11 is 0. The summed E-state index contributed by atoms with van der Waals surface area (Å²) in [5.74, 6) is -7.17. The van der Waals surface area contributed by atoms with Crippen LogP contribution >= 0.6 is 0 Å². The topological polar surface area (TPSA) is 452 Å². The van der Waals surface area contributed by atoms with Crippen LogP contribution in [-0.4, -0.2) is 257 Å². The van der Waals surface area contributed by atoms with Crippen molar-refractivity contribution in [2.24, 2.45) is 5.92 Å². The summed E-state index contributed by atoms with van der Waals surface area (Å²) in [6.07, 6.45) is -8.87. The highest BCUT2D eigenvalue weighted by molar-refractivity contribution is 6.01. The number of aryl methyl sites for hydroxylation is 1. The number of carboxylic acid groups (broad SMARTS) is 1. The molecule has 11 N–H and O–H groups in total. The Balaban J connectivity index is 0.634. The van der Waals surface area contributed by atoms with E-state index in [-0.39, 0.29) is 73.9 Å². The van der Waals surface area contributed by atoms with E-state index in [0.29, 0.717) is 148 Å². The quantitative estimate of drug-likeness (QED) is 0.0192. The van der Waals surface area contributed by atoms with Gasteiger partial charge in [-0.05, 0) is 99.8 Å². The third-order valence-electron chi connectivity index (χ3n) is 19.7. The minimum atomic E-state index is -2.28. The van der Waals surface area contributed by atoms with Gasteiger partial charge in [0.25, 0.3) is 5.56 Å². The average molecular weight is 1640 g/mol. The van der Waals surface area contributed by atoms with Gasteiger partial charge in [0, 0.05) is 95.5 Å². The van der Waals surface area contributed by atoms with Crippen molar-refractivity contribution in [3.05, 3.63) is 117 Å². The number of hydrogen-bond acceptors (Lipinski definition) is 27. The summed E-state index contributed by atoms with van der Waals surface area (Å²) in [5, 5.41) is 64.5. The Kier molecular flexibility index (Phi) is 35.6. The molecule has 1 saturated heterocycles. The molecule has 117 heavy (non-hydrogen) atoms. The Labute approximate surface area is 678 Å². The number of aromatic nitrogens is 3. The molecule has 9 rings (SSSR count). The summed E-state index contributed by atoms with van der Waals surface area (Å²) in [5.41, 5.74) is 2.83. The molecule has 6 aromatic rings. The summed E-state index contributed by atoms with van der Waals surface area (Å²) < 4.78 is 71.4. The highest BCUT2D eigenvalue weighted by atomic mass is 16.7. The third-order valence-corrected chi connectivity index (χ3v) is 19.7. The molecule has 3 aromatic carbocycles. The van der Waals surface area contributed by atoms with E-state index in [4.69, 9.17) is 61.8 Å². The number of hydrogen-bond donors (Lipinski definition) is 11. The number of benzene rings is 3. The lowest BCUT2D eigenvalue weighted by Crippen LogP contribution is -2.61. The van der Waals surface area contributed by atoms with Gasteiger partial charge in [-0.25, -0.2) is 19.4 Å². The largest absolute Gasteiger partial charge is 0.479 e. The van der Waals surface area contributed by atoms with Crippen molar-refractivity contribution >= 4 is 80.6 Å². The summed E-state index contributed by atoms with van der Waals surface area (Å²) in [7, 11) is 1.87. The molecule has 3 aromatic heterocycles. The van der Waals surface area contributed by atoms with Crippen LogP contribution in [-0.2, 0) is 124 Å². The van der Waals surface area contributed by atoms with Crippen LogP contribution in [0.15, 0.2) is 77.6 Å².